The highest BCUT2D eigenvalue weighted by Gasteiger charge is 2.16. The van der Waals surface area contributed by atoms with Gasteiger partial charge in [-0.05, 0) is 49.9 Å². The third-order valence-electron chi connectivity index (χ3n) is 3.33. The van der Waals surface area contributed by atoms with Crippen LogP contribution in [0.3, 0.4) is 0 Å². The molecule has 6 nitrogen and oxygen atoms in total. The van der Waals surface area contributed by atoms with Gasteiger partial charge in [0.05, 0.1) is 4.90 Å². The molecular formula is C16H16F2N2O4S. The smallest absolute Gasteiger partial charge is 0.387 e. The van der Waals surface area contributed by atoms with E-state index in [1.807, 2.05) is 0 Å². The first-order valence-corrected chi connectivity index (χ1v) is 8.61. The maximum Gasteiger partial charge on any atom is 0.387 e. The van der Waals surface area contributed by atoms with E-state index in [4.69, 9.17) is 0 Å². The fraction of sp³-hybridized carbons (Fsp3) is 0.188. The Hall–Kier alpha value is -2.52. The molecule has 0 aromatic heterocycles. The Kier molecular flexibility index (Phi) is 5.70. The average molecular weight is 370 g/mol. The summed E-state index contributed by atoms with van der Waals surface area (Å²) in [5.41, 5.74) is 0.862. The fourth-order valence-corrected chi connectivity index (χ4v) is 3.09. The van der Waals surface area contributed by atoms with Gasteiger partial charge in [-0.1, -0.05) is 12.1 Å². The highest BCUT2D eigenvalue weighted by molar-refractivity contribution is 7.89. The number of carbonyl (C=O) groups excluding carboxylic acids is 1. The minimum atomic E-state index is -3.68. The number of aryl methyl sites for hydroxylation is 1. The van der Waals surface area contributed by atoms with Crippen LogP contribution in [-0.4, -0.2) is 28.0 Å². The summed E-state index contributed by atoms with van der Waals surface area (Å²) in [7, 11) is -2.39. The van der Waals surface area contributed by atoms with Crippen LogP contribution in [-0.2, 0) is 10.0 Å². The van der Waals surface area contributed by atoms with Crippen molar-refractivity contribution in [3.05, 3.63) is 53.6 Å². The number of halogens is 2. The summed E-state index contributed by atoms with van der Waals surface area (Å²) < 4.78 is 54.9. The molecule has 1 amide bonds. The second-order valence-corrected chi connectivity index (χ2v) is 6.90. The number of alkyl halides is 2. The Morgan fingerprint density at radius 2 is 1.88 bits per heavy atom. The van der Waals surface area contributed by atoms with Crippen molar-refractivity contribution in [3.63, 3.8) is 0 Å². The third kappa shape index (κ3) is 4.74. The zero-order chi connectivity index (χ0) is 18.6. The molecule has 2 aromatic rings. The molecule has 0 bridgehead atoms. The fourth-order valence-electron chi connectivity index (χ4n) is 2.09. The van der Waals surface area contributed by atoms with E-state index in [-0.39, 0.29) is 21.9 Å². The van der Waals surface area contributed by atoms with E-state index in [0.717, 1.165) is 0 Å². The Bertz CT molecular complexity index is 885. The summed E-state index contributed by atoms with van der Waals surface area (Å²) in [6.07, 6.45) is 0. The van der Waals surface area contributed by atoms with Gasteiger partial charge < -0.3 is 10.1 Å². The molecule has 0 saturated carbocycles. The first-order chi connectivity index (χ1) is 11.7. The SMILES string of the molecule is CNS(=O)(=O)c1cc(NC(=O)c2cccc(OC(F)F)c2)ccc1C. The van der Waals surface area contributed by atoms with Gasteiger partial charge in [0.2, 0.25) is 10.0 Å². The summed E-state index contributed by atoms with van der Waals surface area (Å²) >= 11 is 0. The van der Waals surface area contributed by atoms with E-state index in [1.54, 1.807) is 19.1 Å². The van der Waals surface area contributed by atoms with Crippen LogP contribution in [0.4, 0.5) is 14.5 Å². The predicted molar refractivity (Wildman–Crippen MR) is 88.5 cm³/mol. The number of hydrogen-bond donors (Lipinski definition) is 2. The van der Waals surface area contributed by atoms with Crippen LogP contribution in [0, 0.1) is 6.92 Å². The van der Waals surface area contributed by atoms with Crippen molar-refractivity contribution in [2.24, 2.45) is 0 Å². The number of hydrogen-bond acceptors (Lipinski definition) is 4. The van der Waals surface area contributed by atoms with Crippen molar-refractivity contribution in [2.75, 3.05) is 12.4 Å². The molecule has 0 radical (unpaired) electrons. The molecule has 0 spiro atoms. The number of nitrogens with one attached hydrogen (secondary N) is 2. The lowest BCUT2D eigenvalue weighted by Gasteiger charge is -2.11. The van der Waals surface area contributed by atoms with Gasteiger partial charge in [0.15, 0.2) is 0 Å². The van der Waals surface area contributed by atoms with Crippen molar-refractivity contribution >= 4 is 21.6 Å². The standard InChI is InChI=1S/C16H16F2N2O4S/c1-10-6-7-12(9-14(10)25(22,23)19-2)20-15(21)11-4-3-5-13(8-11)24-16(17)18/h3-9,16,19H,1-2H3,(H,20,21). The van der Waals surface area contributed by atoms with Crippen molar-refractivity contribution < 1.29 is 26.7 Å². The van der Waals surface area contributed by atoms with Crippen molar-refractivity contribution in [1.82, 2.24) is 4.72 Å². The monoisotopic (exact) mass is 370 g/mol. The molecule has 0 aliphatic heterocycles. The Morgan fingerprint density at radius 3 is 2.52 bits per heavy atom. The van der Waals surface area contributed by atoms with Gasteiger partial charge in [0.25, 0.3) is 5.91 Å². The van der Waals surface area contributed by atoms with Gasteiger partial charge >= 0.3 is 6.61 Å². The molecule has 0 atom stereocenters. The second-order valence-electron chi connectivity index (χ2n) is 5.05. The number of rotatable bonds is 6. The Balaban J connectivity index is 2.25. The zero-order valence-electron chi connectivity index (χ0n) is 13.4. The van der Waals surface area contributed by atoms with Crippen molar-refractivity contribution in [1.29, 1.82) is 0 Å². The summed E-state index contributed by atoms with van der Waals surface area (Å²) in [5, 5.41) is 2.53. The lowest BCUT2D eigenvalue weighted by molar-refractivity contribution is -0.0498. The Morgan fingerprint density at radius 1 is 1.16 bits per heavy atom. The van der Waals surface area contributed by atoms with E-state index in [9.17, 15) is 22.0 Å². The summed E-state index contributed by atoms with van der Waals surface area (Å²) in [5.74, 6) is -0.735. The van der Waals surface area contributed by atoms with Crippen LogP contribution in [0.1, 0.15) is 15.9 Å². The molecule has 25 heavy (non-hydrogen) atoms. The van der Waals surface area contributed by atoms with Crippen LogP contribution in [0.5, 0.6) is 5.75 Å². The van der Waals surface area contributed by atoms with Crippen molar-refractivity contribution in [2.45, 2.75) is 18.4 Å². The molecule has 134 valence electrons. The first kappa shape index (κ1) is 18.8. The number of anilines is 1. The molecule has 0 aliphatic carbocycles. The van der Waals surface area contributed by atoms with E-state index in [2.05, 4.69) is 14.8 Å². The van der Waals surface area contributed by atoms with Gasteiger partial charge in [-0.25, -0.2) is 13.1 Å². The minimum absolute atomic E-state index is 0.0302. The van der Waals surface area contributed by atoms with Crippen LogP contribution in [0.15, 0.2) is 47.4 Å². The quantitative estimate of drug-likeness (QED) is 0.819. The molecule has 0 saturated heterocycles. The van der Waals surface area contributed by atoms with Crippen LogP contribution >= 0.6 is 0 Å². The molecule has 9 heteroatoms. The third-order valence-corrected chi connectivity index (χ3v) is 4.88. The molecular weight excluding hydrogens is 354 g/mol. The molecule has 0 aliphatic rings. The molecule has 0 heterocycles. The normalized spacial score (nSPS) is 11.4. The number of sulfonamides is 1. The lowest BCUT2D eigenvalue weighted by Crippen LogP contribution is -2.20. The van der Waals surface area contributed by atoms with Crippen LogP contribution < -0.4 is 14.8 Å². The minimum Gasteiger partial charge on any atom is -0.435 e. The van der Waals surface area contributed by atoms with Gasteiger partial charge in [-0.3, -0.25) is 4.79 Å². The van der Waals surface area contributed by atoms with Crippen LogP contribution in [0.2, 0.25) is 0 Å². The number of amides is 1. The van der Waals surface area contributed by atoms with Gasteiger partial charge in [-0.2, -0.15) is 8.78 Å². The first-order valence-electron chi connectivity index (χ1n) is 7.13. The maximum atomic E-state index is 12.2. The van der Waals surface area contributed by atoms with E-state index < -0.39 is 22.5 Å². The lowest BCUT2D eigenvalue weighted by atomic mass is 10.2. The van der Waals surface area contributed by atoms with Gasteiger partial charge in [-0.15, -0.1) is 0 Å². The number of ether oxygens (including phenoxy) is 1. The summed E-state index contributed by atoms with van der Waals surface area (Å²) in [4.78, 5) is 12.3. The van der Waals surface area contributed by atoms with Crippen LogP contribution in [0.25, 0.3) is 0 Å². The number of benzene rings is 2. The topological polar surface area (TPSA) is 84.5 Å². The van der Waals surface area contributed by atoms with E-state index in [1.165, 1.54) is 37.4 Å². The summed E-state index contributed by atoms with van der Waals surface area (Å²) in [6.45, 7) is -1.37. The molecule has 2 rings (SSSR count). The molecule has 0 unspecified atom stereocenters. The molecule has 2 aromatic carbocycles. The van der Waals surface area contributed by atoms with E-state index in [0.29, 0.717) is 5.56 Å². The predicted octanol–water partition coefficient (Wildman–Crippen LogP) is 2.76. The Labute approximate surface area is 143 Å². The summed E-state index contributed by atoms with van der Waals surface area (Å²) in [6, 6.07) is 9.70. The molecule has 0 fully saturated rings. The maximum absolute atomic E-state index is 12.2. The number of carbonyl (C=O) groups is 1. The zero-order valence-corrected chi connectivity index (χ0v) is 14.2. The highest BCUT2D eigenvalue weighted by Crippen LogP contribution is 2.21. The van der Waals surface area contributed by atoms with Gasteiger partial charge in [0, 0.05) is 11.3 Å². The largest absolute Gasteiger partial charge is 0.435 e. The average Bonchev–Trinajstić information content (AvgIpc) is 2.56. The second kappa shape index (κ2) is 7.58. The highest BCUT2D eigenvalue weighted by atomic mass is 32.2. The van der Waals surface area contributed by atoms with Crippen molar-refractivity contribution in [3.8, 4) is 5.75 Å². The van der Waals surface area contributed by atoms with Gasteiger partial charge in [0.1, 0.15) is 5.75 Å². The van der Waals surface area contributed by atoms with E-state index >= 15 is 0 Å². The molecule has 2 N–H and O–H groups in total.